The van der Waals surface area contributed by atoms with Gasteiger partial charge in [-0.3, -0.25) is 0 Å². The predicted octanol–water partition coefficient (Wildman–Crippen LogP) is 4.26. The number of nitrogens with one attached hydrogen (secondary N) is 1. The Balaban J connectivity index is 2.41. The van der Waals surface area contributed by atoms with Gasteiger partial charge in [-0.25, -0.2) is 4.39 Å². The zero-order valence-corrected chi connectivity index (χ0v) is 12.3. The highest BCUT2D eigenvalue weighted by molar-refractivity contribution is 6.33. The van der Waals surface area contributed by atoms with E-state index in [4.69, 9.17) is 16.3 Å². The maximum absolute atomic E-state index is 13.1. The Kier molecular flexibility index (Phi) is 4.99. The summed E-state index contributed by atoms with van der Waals surface area (Å²) in [7, 11) is 1.65. The van der Waals surface area contributed by atoms with E-state index in [0.29, 0.717) is 11.6 Å². The number of hydrogen-bond donors (Lipinski definition) is 1. The van der Waals surface area contributed by atoms with Gasteiger partial charge in [-0.05, 0) is 42.4 Å². The van der Waals surface area contributed by atoms with Crippen molar-refractivity contribution in [2.24, 2.45) is 0 Å². The summed E-state index contributed by atoms with van der Waals surface area (Å²) >= 11 is 6.11. The van der Waals surface area contributed by atoms with Gasteiger partial charge in [0, 0.05) is 17.7 Å². The van der Waals surface area contributed by atoms with Gasteiger partial charge in [0.2, 0.25) is 0 Å². The van der Waals surface area contributed by atoms with Crippen LogP contribution in [0, 0.1) is 5.82 Å². The molecule has 0 aliphatic carbocycles. The molecule has 2 aromatic rings. The largest absolute Gasteiger partial charge is 0.496 e. The normalized spacial score (nSPS) is 10.6. The van der Waals surface area contributed by atoms with Crippen LogP contribution in [0.4, 0.5) is 4.39 Å². The molecule has 2 aromatic carbocycles. The number of hydrogen-bond acceptors (Lipinski definition) is 2. The maximum atomic E-state index is 13.1. The van der Waals surface area contributed by atoms with Crippen molar-refractivity contribution >= 4 is 11.6 Å². The third kappa shape index (κ3) is 3.30. The summed E-state index contributed by atoms with van der Waals surface area (Å²) < 4.78 is 18.5. The van der Waals surface area contributed by atoms with Crippen molar-refractivity contribution in [2.75, 3.05) is 13.7 Å². The summed E-state index contributed by atoms with van der Waals surface area (Å²) in [6.45, 7) is 3.64. The summed E-state index contributed by atoms with van der Waals surface area (Å²) in [5.41, 5.74) is 2.81. The number of halogens is 2. The first kappa shape index (κ1) is 14.8. The van der Waals surface area contributed by atoms with E-state index in [9.17, 15) is 4.39 Å². The van der Waals surface area contributed by atoms with Crippen LogP contribution in [0.2, 0.25) is 5.02 Å². The van der Waals surface area contributed by atoms with E-state index < -0.39 is 0 Å². The molecule has 0 saturated heterocycles. The quantitative estimate of drug-likeness (QED) is 0.889. The Morgan fingerprint density at radius 1 is 1.20 bits per heavy atom. The standard InChI is InChI=1S/C16H17ClFNO/c1-3-19-10-12-8-11(4-7-16(12)20-2)14-6-5-13(18)9-15(14)17/h4-9,19H,3,10H2,1-2H3. The van der Waals surface area contributed by atoms with Gasteiger partial charge in [0.25, 0.3) is 0 Å². The molecule has 0 atom stereocenters. The third-order valence-electron chi connectivity index (χ3n) is 3.09. The lowest BCUT2D eigenvalue weighted by atomic mass is 10.0. The molecule has 0 saturated carbocycles. The van der Waals surface area contributed by atoms with Gasteiger partial charge >= 0.3 is 0 Å². The number of methoxy groups -OCH3 is 1. The van der Waals surface area contributed by atoms with E-state index in [2.05, 4.69) is 5.32 Å². The summed E-state index contributed by atoms with van der Waals surface area (Å²) in [4.78, 5) is 0. The van der Waals surface area contributed by atoms with E-state index in [1.807, 2.05) is 25.1 Å². The van der Waals surface area contributed by atoms with Crippen LogP contribution in [0.1, 0.15) is 12.5 Å². The zero-order chi connectivity index (χ0) is 14.5. The Hall–Kier alpha value is -1.58. The van der Waals surface area contributed by atoms with Crippen LogP contribution < -0.4 is 10.1 Å². The molecule has 0 radical (unpaired) electrons. The minimum atomic E-state index is -0.333. The Morgan fingerprint density at radius 3 is 2.65 bits per heavy atom. The van der Waals surface area contributed by atoms with Gasteiger partial charge in [0.1, 0.15) is 11.6 Å². The van der Waals surface area contributed by atoms with Crippen LogP contribution in [-0.2, 0) is 6.54 Å². The Morgan fingerprint density at radius 2 is 2.00 bits per heavy atom. The fraction of sp³-hybridized carbons (Fsp3) is 0.250. The van der Waals surface area contributed by atoms with Crippen LogP contribution in [0.5, 0.6) is 5.75 Å². The first-order chi connectivity index (χ1) is 9.65. The molecule has 0 fully saturated rings. The summed E-state index contributed by atoms with van der Waals surface area (Å²) in [6, 6.07) is 10.3. The molecule has 0 amide bonds. The highest BCUT2D eigenvalue weighted by atomic mass is 35.5. The molecule has 0 aliphatic rings. The van der Waals surface area contributed by atoms with Crippen molar-refractivity contribution < 1.29 is 9.13 Å². The van der Waals surface area contributed by atoms with Crippen LogP contribution in [0.15, 0.2) is 36.4 Å². The van der Waals surface area contributed by atoms with Crippen molar-refractivity contribution in [2.45, 2.75) is 13.5 Å². The van der Waals surface area contributed by atoms with Gasteiger partial charge in [-0.1, -0.05) is 24.6 Å². The summed E-state index contributed by atoms with van der Waals surface area (Å²) in [5.74, 6) is 0.494. The SMILES string of the molecule is CCNCc1cc(-c2ccc(F)cc2Cl)ccc1OC. The van der Waals surface area contributed by atoms with Crippen LogP contribution >= 0.6 is 11.6 Å². The first-order valence-corrected chi connectivity index (χ1v) is 6.86. The molecule has 2 nitrogen and oxygen atoms in total. The first-order valence-electron chi connectivity index (χ1n) is 6.48. The van der Waals surface area contributed by atoms with Crippen molar-refractivity contribution in [1.29, 1.82) is 0 Å². The fourth-order valence-corrected chi connectivity index (χ4v) is 2.34. The lowest BCUT2D eigenvalue weighted by Crippen LogP contribution is -2.12. The zero-order valence-electron chi connectivity index (χ0n) is 11.5. The lowest BCUT2D eigenvalue weighted by Gasteiger charge is -2.12. The van der Waals surface area contributed by atoms with E-state index in [-0.39, 0.29) is 5.82 Å². The molecular formula is C16H17ClFNO. The van der Waals surface area contributed by atoms with Gasteiger partial charge in [-0.2, -0.15) is 0 Å². The lowest BCUT2D eigenvalue weighted by molar-refractivity contribution is 0.408. The molecule has 0 aliphatic heterocycles. The van der Waals surface area contributed by atoms with Gasteiger partial charge in [0.15, 0.2) is 0 Å². The van der Waals surface area contributed by atoms with E-state index in [1.165, 1.54) is 12.1 Å². The van der Waals surface area contributed by atoms with Crippen molar-refractivity contribution in [1.82, 2.24) is 5.32 Å². The van der Waals surface area contributed by atoms with Crippen LogP contribution in [0.3, 0.4) is 0 Å². The van der Waals surface area contributed by atoms with E-state index in [1.54, 1.807) is 13.2 Å². The highest BCUT2D eigenvalue weighted by Gasteiger charge is 2.09. The minimum Gasteiger partial charge on any atom is -0.496 e. The molecule has 4 heteroatoms. The molecule has 0 heterocycles. The molecular weight excluding hydrogens is 277 g/mol. The smallest absolute Gasteiger partial charge is 0.124 e. The molecule has 0 aromatic heterocycles. The fourth-order valence-electron chi connectivity index (χ4n) is 2.07. The van der Waals surface area contributed by atoms with E-state index in [0.717, 1.165) is 29.0 Å². The van der Waals surface area contributed by atoms with Gasteiger partial charge in [-0.15, -0.1) is 0 Å². The number of ether oxygens (including phenoxy) is 1. The molecule has 1 N–H and O–H groups in total. The van der Waals surface area contributed by atoms with E-state index >= 15 is 0 Å². The highest BCUT2D eigenvalue weighted by Crippen LogP contribution is 2.31. The monoisotopic (exact) mass is 293 g/mol. The average Bonchev–Trinajstić information content (AvgIpc) is 2.45. The van der Waals surface area contributed by atoms with Crippen LogP contribution in [-0.4, -0.2) is 13.7 Å². The van der Waals surface area contributed by atoms with Crippen molar-refractivity contribution in [3.8, 4) is 16.9 Å². The predicted molar refractivity (Wildman–Crippen MR) is 80.8 cm³/mol. The molecule has 2 rings (SSSR count). The van der Waals surface area contributed by atoms with Crippen LogP contribution in [0.25, 0.3) is 11.1 Å². The molecule has 0 spiro atoms. The topological polar surface area (TPSA) is 21.3 Å². The summed E-state index contributed by atoms with van der Waals surface area (Å²) in [5, 5.41) is 3.68. The minimum absolute atomic E-state index is 0.333. The van der Waals surface area contributed by atoms with Crippen molar-refractivity contribution in [3.05, 3.63) is 52.8 Å². The number of rotatable bonds is 5. The summed E-state index contributed by atoms with van der Waals surface area (Å²) in [6.07, 6.45) is 0. The Labute approximate surface area is 123 Å². The second-order valence-electron chi connectivity index (χ2n) is 4.43. The maximum Gasteiger partial charge on any atom is 0.124 e. The van der Waals surface area contributed by atoms with Gasteiger partial charge < -0.3 is 10.1 Å². The second-order valence-corrected chi connectivity index (χ2v) is 4.84. The average molecular weight is 294 g/mol. The molecule has 0 bridgehead atoms. The molecule has 0 unspecified atom stereocenters. The van der Waals surface area contributed by atoms with Gasteiger partial charge in [0.05, 0.1) is 12.1 Å². The Bertz CT molecular complexity index is 601. The second kappa shape index (κ2) is 6.73. The molecule has 106 valence electrons. The third-order valence-corrected chi connectivity index (χ3v) is 3.40. The number of benzene rings is 2. The molecule has 20 heavy (non-hydrogen) atoms. The van der Waals surface area contributed by atoms with Crippen molar-refractivity contribution in [3.63, 3.8) is 0 Å².